The number of thiocarbonyl (C=S) groups is 1. The van der Waals surface area contributed by atoms with Crippen molar-refractivity contribution in [2.75, 3.05) is 23.0 Å². The third-order valence-corrected chi connectivity index (χ3v) is 7.48. The Morgan fingerprint density at radius 1 is 1.05 bits per heavy atom. The van der Waals surface area contributed by atoms with E-state index in [9.17, 15) is 8.42 Å². The molecule has 8 nitrogen and oxygen atoms in total. The highest BCUT2D eigenvalue weighted by atomic mass is 79.9. The fourth-order valence-corrected chi connectivity index (χ4v) is 5.70. The highest BCUT2D eigenvalue weighted by molar-refractivity contribution is 9.10. The minimum absolute atomic E-state index is 0.238. The second kappa shape index (κ2) is 10.2. The maximum absolute atomic E-state index is 11.8. The molecule has 0 saturated carbocycles. The number of aromatic nitrogens is 2. The quantitative estimate of drug-likeness (QED) is 0.283. The summed E-state index contributed by atoms with van der Waals surface area (Å²) < 4.78 is 34.8. The summed E-state index contributed by atoms with van der Waals surface area (Å²) in [6.07, 6.45) is 4.89. The Labute approximate surface area is 229 Å². The Morgan fingerprint density at radius 2 is 1.81 bits per heavy atom. The highest BCUT2D eigenvalue weighted by Gasteiger charge is 2.42. The lowest BCUT2D eigenvalue weighted by Gasteiger charge is -2.29. The molecule has 1 saturated heterocycles. The van der Waals surface area contributed by atoms with Crippen LogP contribution in [0.1, 0.15) is 23.5 Å². The first-order valence-corrected chi connectivity index (χ1v) is 14.4. The largest absolute Gasteiger partial charge is 0.494 e. The summed E-state index contributed by atoms with van der Waals surface area (Å²) in [6, 6.07) is 22.8. The van der Waals surface area contributed by atoms with Gasteiger partial charge in [0.25, 0.3) is 0 Å². The topological polar surface area (TPSA) is 88.5 Å². The molecular weight excluding hydrogens is 574 g/mol. The van der Waals surface area contributed by atoms with Gasteiger partial charge >= 0.3 is 0 Å². The molecule has 0 radical (unpaired) electrons. The normalized spacial score (nSPS) is 17.5. The van der Waals surface area contributed by atoms with Gasteiger partial charge in [0.05, 0.1) is 30.8 Å². The number of hydrogen-bond acceptors (Lipinski definition) is 5. The van der Waals surface area contributed by atoms with Gasteiger partial charge in [-0.2, -0.15) is 0 Å². The van der Waals surface area contributed by atoms with Gasteiger partial charge in [-0.05, 0) is 72.9 Å². The van der Waals surface area contributed by atoms with Crippen molar-refractivity contribution in [2.45, 2.75) is 12.1 Å². The number of nitrogens with one attached hydrogen (secondary N) is 2. The number of sulfonamides is 1. The summed E-state index contributed by atoms with van der Waals surface area (Å²) in [7, 11) is -1.98. The van der Waals surface area contributed by atoms with Crippen molar-refractivity contribution in [1.29, 1.82) is 0 Å². The molecule has 1 fully saturated rings. The Morgan fingerprint density at radius 3 is 2.49 bits per heavy atom. The first-order valence-electron chi connectivity index (χ1n) is 11.3. The molecule has 2 aromatic carbocycles. The maximum atomic E-state index is 11.8. The molecular formula is C26H24BrN5O3S2. The van der Waals surface area contributed by atoms with Crippen LogP contribution in [0.15, 0.2) is 89.7 Å². The summed E-state index contributed by atoms with van der Waals surface area (Å²) in [6.45, 7) is 0. The number of nitrogens with zero attached hydrogens (tertiary/aromatic N) is 3. The molecule has 4 aromatic rings. The molecule has 37 heavy (non-hydrogen) atoms. The smallest absolute Gasteiger partial charge is 0.229 e. The van der Waals surface area contributed by atoms with E-state index >= 15 is 0 Å². The zero-order chi connectivity index (χ0) is 26.2. The van der Waals surface area contributed by atoms with Crippen LogP contribution < -0.4 is 19.7 Å². The van der Waals surface area contributed by atoms with Crippen molar-refractivity contribution in [3.8, 4) is 11.4 Å². The van der Waals surface area contributed by atoms with Crippen molar-refractivity contribution >= 4 is 54.7 Å². The van der Waals surface area contributed by atoms with E-state index in [1.54, 1.807) is 18.3 Å². The summed E-state index contributed by atoms with van der Waals surface area (Å²) in [5.41, 5.74) is 3.96. The van der Waals surface area contributed by atoms with Crippen LogP contribution in [0.25, 0.3) is 5.69 Å². The van der Waals surface area contributed by atoms with Crippen LogP contribution in [0.3, 0.4) is 0 Å². The molecule has 1 aliphatic heterocycles. The van der Waals surface area contributed by atoms with Crippen LogP contribution in [-0.2, 0) is 10.0 Å². The lowest BCUT2D eigenvalue weighted by atomic mass is 10.0. The van der Waals surface area contributed by atoms with Gasteiger partial charge in [-0.1, -0.05) is 22.0 Å². The van der Waals surface area contributed by atoms with E-state index in [1.807, 2.05) is 65.7 Å². The Bertz CT molecular complexity index is 1540. The number of methoxy groups -OCH3 is 1. The molecule has 11 heteroatoms. The molecule has 2 atom stereocenters. The van der Waals surface area contributed by atoms with Gasteiger partial charge in [-0.3, -0.25) is 9.71 Å². The maximum Gasteiger partial charge on any atom is 0.229 e. The second-order valence-corrected chi connectivity index (χ2v) is 11.6. The highest BCUT2D eigenvalue weighted by Crippen LogP contribution is 2.44. The number of halogens is 1. The third-order valence-electron chi connectivity index (χ3n) is 6.04. The van der Waals surface area contributed by atoms with Gasteiger partial charge in [0.15, 0.2) is 5.11 Å². The molecule has 0 unspecified atom stereocenters. The number of anilines is 2. The first kappa shape index (κ1) is 25.2. The first-order chi connectivity index (χ1) is 17.7. The van der Waals surface area contributed by atoms with E-state index in [4.69, 9.17) is 17.0 Å². The van der Waals surface area contributed by atoms with Crippen LogP contribution in [-0.4, -0.2) is 36.4 Å². The van der Waals surface area contributed by atoms with E-state index in [2.05, 4.69) is 41.6 Å². The lowest BCUT2D eigenvalue weighted by Crippen LogP contribution is -2.30. The van der Waals surface area contributed by atoms with Crippen molar-refractivity contribution in [3.05, 3.63) is 101 Å². The van der Waals surface area contributed by atoms with E-state index in [0.717, 1.165) is 33.5 Å². The summed E-state index contributed by atoms with van der Waals surface area (Å²) >= 11 is 9.36. The van der Waals surface area contributed by atoms with Crippen LogP contribution in [0.2, 0.25) is 0 Å². The number of pyridine rings is 1. The minimum Gasteiger partial charge on any atom is -0.494 e. The molecule has 0 spiro atoms. The fraction of sp³-hybridized carbons (Fsp3) is 0.154. The van der Waals surface area contributed by atoms with Crippen LogP contribution in [0.4, 0.5) is 11.4 Å². The zero-order valence-corrected chi connectivity index (χ0v) is 23.2. The third kappa shape index (κ3) is 5.20. The summed E-state index contributed by atoms with van der Waals surface area (Å²) in [5, 5.41) is 3.98. The number of benzene rings is 2. The standard InChI is InChI=1S/C26H24BrN5O3S2/c1-35-23-16-19(12-13-20(23)30-37(2,33)34)32-25(24(29-26(32)36)21-6-3-4-14-28-21)22-7-5-15-31(22)18-10-8-17(27)9-11-18/h3-16,24-25,30H,1-2H3,(H,29,36)/t24-,25-/m1/s1. The molecule has 2 aromatic heterocycles. The Kier molecular flexibility index (Phi) is 6.93. The van der Waals surface area contributed by atoms with Gasteiger partial charge in [0.2, 0.25) is 10.0 Å². The van der Waals surface area contributed by atoms with Crippen molar-refractivity contribution in [2.24, 2.45) is 0 Å². The average molecular weight is 599 g/mol. The van der Waals surface area contributed by atoms with E-state index in [0.29, 0.717) is 16.5 Å². The van der Waals surface area contributed by atoms with E-state index in [-0.39, 0.29) is 12.1 Å². The second-order valence-electron chi connectivity index (χ2n) is 8.53. The molecule has 3 heterocycles. The molecule has 0 bridgehead atoms. The van der Waals surface area contributed by atoms with Gasteiger partial charge in [-0.15, -0.1) is 0 Å². The molecule has 5 rings (SSSR count). The average Bonchev–Trinajstić information content (AvgIpc) is 3.49. The molecule has 190 valence electrons. The monoisotopic (exact) mass is 597 g/mol. The lowest BCUT2D eigenvalue weighted by molar-refractivity contribution is 0.417. The van der Waals surface area contributed by atoms with Crippen LogP contribution in [0, 0.1) is 0 Å². The SMILES string of the molecule is COc1cc(N2C(=S)N[C@H](c3ccccn3)[C@H]2c2cccn2-c2ccc(Br)cc2)ccc1NS(C)(=O)=O. The Hall–Kier alpha value is -3.41. The number of ether oxygens (including phenoxy) is 1. The van der Waals surface area contributed by atoms with Gasteiger partial charge in [0, 0.05) is 40.0 Å². The minimum atomic E-state index is -3.48. The van der Waals surface area contributed by atoms with Gasteiger partial charge in [0.1, 0.15) is 11.8 Å². The van der Waals surface area contributed by atoms with Crippen LogP contribution >= 0.6 is 28.1 Å². The van der Waals surface area contributed by atoms with Crippen molar-refractivity contribution in [1.82, 2.24) is 14.9 Å². The van der Waals surface area contributed by atoms with E-state index < -0.39 is 10.0 Å². The van der Waals surface area contributed by atoms with Crippen molar-refractivity contribution < 1.29 is 13.2 Å². The van der Waals surface area contributed by atoms with Gasteiger partial charge in [-0.25, -0.2) is 8.42 Å². The van der Waals surface area contributed by atoms with E-state index in [1.165, 1.54) is 7.11 Å². The zero-order valence-electron chi connectivity index (χ0n) is 20.0. The van der Waals surface area contributed by atoms with Gasteiger partial charge < -0.3 is 19.5 Å². The predicted octanol–water partition coefficient (Wildman–Crippen LogP) is 5.19. The molecule has 2 N–H and O–H groups in total. The fourth-order valence-electron chi connectivity index (χ4n) is 4.52. The molecule has 0 aliphatic carbocycles. The predicted molar refractivity (Wildman–Crippen MR) is 153 cm³/mol. The number of hydrogen-bond donors (Lipinski definition) is 2. The summed E-state index contributed by atoms with van der Waals surface area (Å²) in [4.78, 5) is 6.64. The molecule has 1 aliphatic rings. The molecule has 0 amide bonds. The Balaban J connectivity index is 1.64. The van der Waals surface area contributed by atoms with Crippen molar-refractivity contribution in [3.63, 3.8) is 0 Å². The number of rotatable bonds is 7. The summed E-state index contributed by atoms with van der Waals surface area (Å²) in [5.74, 6) is 0.383. The van der Waals surface area contributed by atoms with Crippen LogP contribution in [0.5, 0.6) is 5.75 Å².